The van der Waals surface area contributed by atoms with Gasteiger partial charge in [0.25, 0.3) is 0 Å². The zero-order chi connectivity index (χ0) is 19.3. The first-order chi connectivity index (χ1) is 13.6. The summed E-state index contributed by atoms with van der Waals surface area (Å²) in [5.74, 6) is 1.13. The number of halogens is 2. The van der Waals surface area contributed by atoms with Crippen LogP contribution in [0.15, 0.2) is 12.4 Å². The molecular weight excluding hydrogens is 399 g/mol. The van der Waals surface area contributed by atoms with Crippen molar-refractivity contribution in [2.24, 2.45) is 0 Å². The summed E-state index contributed by atoms with van der Waals surface area (Å²) in [4.78, 5) is 34.8. The Hall–Kier alpha value is -1.99. The summed E-state index contributed by atoms with van der Waals surface area (Å²) in [6.07, 6.45) is 10.4. The van der Waals surface area contributed by atoms with E-state index in [1.165, 1.54) is 6.42 Å². The Balaban J connectivity index is 1.56. The highest BCUT2D eigenvalue weighted by Crippen LogP contribution is 2.54. The first-order valence-corrected chi connectivity index (χ1v) is 10.5. The van der Waals surface area contributed by atoms with Crippen molar-refractivity contribution in [3.05, 3.63) is 28.4 Å². The van der Waals surface area contributed by atoms with Crippen LogP contribution >= 0.6 is 23.2 Å². The monoisotopic (exact) mass is 418 g/mol. The molecule has 1 saturated heterocycles. The molecule has 0 aromatic carbocycles. The van der Waals surface area contributed by atoms with E-state index in [-0.39, 0.29) is 16.3 Å². The maximum atomic E-state index is 13.5. The van der Waals surface area contributed by atoms with Gasteiger partial charge in [-0.3, -0.25) is 9.69 Å². The molecule has 1 spiro atoms. The third-order valence-corrected chi connectivity index (χ3v) is 6.54. The molecule has 9 heteroatoms. The molecule has 5 rings (SSSR count). The normalized spacial score (nSPS) is 20.9. The molecule has 4 heterocycles. The van der Waals surface area contributed by atoms with Gasteiger partial charge in [0.15, 0.2) is 5.82 Å². The van der Waals surface area contributed by atoms with Crippen molar-refractivity contribution in [3.8, 4) is 0 Å². The standard InChI is InChI=1S/C19H20Cl2N6O/c20-14-13-15(25-17(21)24-14)27(16(28)19(13)6-2-3-7-19)12-10-22-18(23-11-12)26-8-4-1-5-9-26/h10-11H,1-9H2. The predicted octanol–water partition coefficient (Wildman–Crippen LogP) is 4.05. The van der Waals surface area contributed by atoms with Gasteiger partial charge in [-0.25, -0.2) is 15.0 Å². The maximum absolute atomic E-state index is 13.5. The molecule has 3 aliphatic rings. The zero-order valence-electron chi connectivity index (χ0n) is 15.4. The van der Waals surface area contributed by atoms with Crippen molar-refractivity contribution in [2.45, 2.75) is 50.4 Å². The molecule has 2 aromatic rings. The Morgan fingerprint density at radius 2 is 1.61 bits per heavy atom. The van der Waals surface area contributed by atoms with E-state index < -0.39 is 5.41 Å². The van der Waals surface area contributed by atoms with Gasteiger partial charge in [-0.05, 0) is 43.7 Å². The number of carbonyl (C=O) groups is 1. The molecule has 2 aromatic heterocycles. The fourth-order valence-corrected chi connectivity index (χ4v) is 5.31. The van der Waals surface area contributed by atoms with E-state index in [1.807, 2.05) is 0 Å². The Labute approximate surface area is 173 Å². The van der Waals surface area contributed by atoms with Crippen molar-refractivity contribution >= 4 is 46.6 Å². The van der Waals surface area contributed by atoms with E-state index in [0.29, 0.717) is 23.0 Å². The molecule has 1 amide bonds. The average molecular weight is 419 g/mol. The number of nitrogens with zero attached hydrogens (tertiary/aromatic N) is 6. The Kier molecular flexibility index (Phi) is 4.39. The predicted molar refractivity (Wildman–Crippen MR) is 107 cm³/mol. The van der Waals surface area contributed by atoms with Gasteiger partial charge in [0.1, 0.15) is 5.15 Å². The number of carbonyl (C=O) groups excluding carboxylic acids is 1. The van der Waals surface area contributed by atoms with E-state index in [9.17, 15) is 4.79 Å². The first kappa shape index (κ1) is 18.1. The van der Waals surface area contributed by atoms with Crippen LogP contribution in [0.4, 0.5) is 17.5 Å². The van der Waals surface area contributed by atoms with Crippen molar-refractivity contribution in [2.75, 3.05) is 22.9 Å². The first-order valence-electron chi connectivity index (χ1n) is 9.75. The van der Waals surface area contributed by atoms with Gasteiger partial charge in [-0.1, -0.05) is 24.4 Å². The molecule has 7 nitrogen and oxygen atoms in total. The Morgan fingerprint density at radius 3 is 2.29 bits per heavy atom. The van der Waals surface area contributed by atoms with Gasteiger partial charge in [0, 0.05) is 18.7 Å². The van der Waals surface area contributed by atoms with Crippen LogP contribution in [-0.2, 0) is 10.2 Å². The fraction of sp³-hybridized carbons (Fsp3) is 0.526. The molecule has 0 N–H and O–H groups in total. The summed E-state index contributed by atoms with van der Waals surface area (Å²) < 4.78 is 0. The second-order valence-electron chi connectivity index (χ2n) is 7.70. The van der Waals surface area contributed by atoms with Crippen LogP contribution in [0.2, 0.25) is 10.4 Å². The van der Waals surface area contributed by atoms with Crippen LogP contribution < -0.4 is 9.80 Å². The van der Waals surface area contributed by atoms with Crippen molar-refractivity contribution in [1.29, 1.82) is 0 Å². The summed E-state index contributed by atoms with van der Waals surface area (Å²) in [7, 11) is 0. The molecule has 2 fully saturated rings. The molecule has 0 radical (unpaired) electrons. The van der Waals surface area contributed by atoms with Crippen LogP contribution in [0.5, 0.6) is 0 Å². The van der Waals surface area contributed by atoms with Crippen LogP contribution in [0.1, 0.15) is 50.5 Å². The number of anilines is 3. The number of hydrogen-bond donors (Lipinski definition) is 0. The largest absolute Gasteiger partial charge is 0.341 e. The van der Waals surface area contributed by atoms with Gasteiger partial charge in [-0.2, -0.15) is 4.98 Å². The van der Waals surface area contributed by atoms with Crippen LogP contribution in [0.3, 0.4) is 0 Å². The summed E-state index contributed by atoms with van der Waals surface area (Å²) in [5.41, 5.74) is 0.616. The van der Waals surface area contributed by atoms with E-state index in [1.54, 1.807) is 17.3 Å². The second-order valence-corrected chi connectivity index (χ2v) is 8.40. The molecule has 28 heavy (non-hydrogen) atoms. The second kappa shape index (κ2) is 6.81. The number of fused-ring (bicyclic) bond motifs is 2. The topological polar surface area (TPSA) is 75.1 Å². The minimum Gasteiger partial charge on any atom is -0.341 e. The SMILES string of the molecule is O=C1N(c2cnc(N3CCCCC3)nc2)c2nc(Cl)nc(Cl)c2C12CCCC2. The lowest BCUT2D eigenvalue weighted by molar-refractivity contribution is -0.122. The molecule has 0 unspecified atom stereocenters. The quantitative estimate of drug-likeness (QED) is 0.540. The lowest BCUT2D eigenvalue weighted by Gasteiger charge is -2.27. The molecule has 146 valence electrons. The maximum Gasteiger partial charge on any atom is 0.243 e. The highest BCUT2D eigenvalue weighted by atomic mass is 35.5. The Morgan fingerprint density at radius 1 is 0.929 bits per heavy atom. The summed E-state index contributed by atoms with van der Waals surface area (Å²) in [6.45, 7) is 1.93. The number of hydrogen-bond acceptors (Lipinski definition) is 6. The highest BCUT2D eigenvalue weighted by molar-refractivity contribution is 6.34. The van der Waals surface area contributed by atoms with Gasteiger partial charge in [0.2, 0.25) is 17.1 Å². The molecule has 2 aliphatic heterocycles. The minimum atomic E-state index is -0.664. The lowest BCUT2D eigenvalue weighted by atomic mass is 9.81. The molecule has 1 saturated carbocycles. The van der Waals surface area contributed by atoms with E-state index in [4.69, 9.17) is 23.2 Å². The third-order valence-electron chi connectivity index (χ3n) is 6.10. The van der Waals surface area contributed by atoms with Crippen molar-refractivity contribution in [3.63, 3.8) is 0 Å². The number of aromatic nitrogens is 4. The summed E-state index contributed by atoms with van der Waals surface area (Å²) >= 11 is 12.5. The highest BCUT2D eigenvalue weighted by Gasteiger charge is 2.55. The van der Waals surface area contributed by atoms with E-state index >= 15 is 0 Å². The van der Waals surface area contributed by atoms with E-state index in [2.05, 4.69) is 24.8 Å². The van der Waals surface area contributed by atoms with Crippen LogP contribution in [-0.4, -0.2) is 38.9 Å². The summed E-state index contributed by atoms with van der Waals surface area (Å²) in [5, 5.41) is 0.293. The van der Waals surface area contributed by atoms with Crippen LogP contribution in [0.25, 0.3) is 0 Å². The van der Waals surface area contributed by atoms with E-state index in [0.717, 1.165) is 51.6 Å². The van der Waals surface area contributed by atoms with Gasteiger partial charge in [-0.15, -0.1) is 0 Å². The number of amides is 1. The van der Waals surface area contributed by atoms with Gasteiger partial charge >= 0.3 is 0 Å². The molecule has 0 atom stereocenters. The smallest absolute Gasteiger partial charge is 0.243 e. The van der Waals surface area contributed by atoms with Crippen molar-refractivity contribution < 1.29 is 4.79 Å². The molecular formula is C19H20Cl2N6O. The zero-order valence-corrected chi connectivity index (χ0v) is 16.9. The summed E-state index contributed by atoms with van der Waals surface area (Å²) in [6, 6.07) is 0. The van der Waals surface area contributed by atoms with Gasteiger partial charge in [0.05, 0.1) is 23.5 Å². The number of piperidine rings is 1. The molecule has 1 aliphatic carbocycles. The van der Waals surface area contributed by atoms with Crippen molar-refractivity contribution in [1.82, 2.24) is 19.9 Å². The Bertz CT molecular complexity index is 923. The minimum absolute atomic E-state index is 0.0300. The van der Waals surface area contributed by atoms with Gasteiger partial charge < -0.3 is 4.90 Å². The fourth-order valence-electron chi connectivity index (χ4n) is 4.76. The molecule has 0 bridgehead atoms. The lowest BCUT2D eigenvalue weighted by Crippen LogP contribution is -2.36. The number of rotatable bonds is 2. The third kappa shape index (κ3) is 2.67. The van der Waals surface area contributed by atoms with Crippen LogP contribution in [0, 0.1) is 0 Å². The average Bonchev–Trinajstić information content (AvgIpc) is 3.28.